The summed E-state index contributed by atoms with van der Waals surface area (Å²) in [5.74, 6) is -0.332. The molecule has 0 atom stereocenters. The van der Waals surface area contributed by atoms with Gasteiger partial charge in [-0.15, -0.1) is 0 Å². The molecule has 2 rings (SSSR count). The quantitative estimate of drug-likeness (QED) is 0.743. The number of urea groups is 1. The van der Waals surface area contributed by atoms with E-state index in [0.29, 0.717) is 26.2 Å². The van der Waals surface area contributed by atoms with Gasteiger partial charge in [-0.2, -0.15) is 0 Å². The van der Waals surface area contributed by atoms with Crippen LogP contribution in [0.3, 0.4) is 0 Å². The Labute approximate surface area is 124 Å². The van der Waals surface area contributed by atoms with Crippen molar-refractivity contribution in [2.24, 2.45) is 0 Å². The van der Waals surface area contributed by atoms with Crippen LogP contribution in [0.4, 0.5) is 4.79 Å². The fraction of sp³-hybridized carbons (Fsp3) is 0.786. The molecule has 2 aliphatic rings. The monoisotopic (exact) mass is 297 g/mol. The summed E-state index contributed by atoms with van der Waals surface area (Å²) in [5.41, 5.74) is 0. The van der Waals surface area contributed by atoms with Crippen LogP contribution in [-0.2, 0) is 14.3 Å². The molecule has 0 aromatic rings. The van der Waals surface area contributed by atoms with E-state index in [1.165, 1.54) is 0 Å². The van der Waals surface area contributed by atoms with E-state index >= 15 is 0 Å². The van der Waals surface area contributed by atoms with Crippen LogP contribution < -0.4 is 5.32 Å². The van der Waals surface area contributed by atoms with Gasteiger partial charge in [0.25, 0.3) is 0 Å². The van der Waals surface area contributed by atoms with Gasteiger partial charge in [0.2, 0.25) is 5.91 Å². The van der Waals surface area contributed by atoms with Gasteiger partial charge in [0.15, 0.2) is 0 Å². The Morgan fingerprint density at radius 1 is 1.24 bits per heavy atom. The number of likely N-dealkylation sites (tertiary alicyclic amines) is 1. The molecule has 0 radical (unpaired) electrons. The standard InChI is InChI=1S/C14H23N3O4/c1-2-21-13(19)4-3-12(18)16-8-5-11(6-9-16)17-10-7-15-14(17)20/h11H,2-10H2,1H3,(H,15,20). The SMILES string of the molecule is CCOC(=O)CCC(=O)N1CCC(N2CCNC2=O)CC1. The number of hydrogen-bond donors (Lipinski definition) is 1. The highest BCUT2D eigenvalue weighted by molar-refractivity contribution is 5.81. The minimum absolute atomic E-state index is 0.00193. The van der Waals surface area contributed by atoms with Crippen molar-refractivity contribution in [2.45, 2.75) is 38.6 Å². The third-order valence-electron chi connectivity index (χ3n) is 4.00. The third kappa shape index (κ3) is 4.09. The average molecular weight is 297 g/mol. The number of amides is 3. The van der Waals surface area contributed by atoms with E-state index in [1.807, 2.05) is 4.90 Å². The number of esters is 1. The first-order valence-electron chi connectivity index (χ1n) is 7.59. The smallest absolute Gasteiger partial charge is 0.317 e. The van der Waals surface area contributed by atoms with Crippen LogP contribution in [-0.4, -0.2) is 66.5 Å². The molecule has 21 heavy (non-hydrogen) atoms. The predicted octanol–water partition coefficient (Wildman–Crippen LogP) is 0.346. The summed E-state index contributed by atoms with van der Waals surface area (Å²) in [6.45, 7) is 4.85. The third-order valence-corrected chi connectivity index (χ3v) is 4.00. The second-order valence-corrected chi connectivity index (χ2v) is 5.34. The fourth-order valence-corrected chi connectivity index (χ4v) is 2.86. The van der Waals surface area contributed by atoms with Crippen LogP contribution in [0.5, 0.6) is 0 Å². The Morgan fingerprint density at radius 3 is 2.52 bits per heavy atom. The first-order chi connectivity index (χ1) is 10.1. The van der Waals surface area contributed by atoms with Gasteiger partial charge in [0.1, 0.15) is 0 Å². The van der Waals surface area contributed by atoms with E-state index < -0.39 is 0 Å². The molecule has 0 aromatic heterocycles. The maximum atomic E-state index is 12.0. The van der Waals surface area contributed by atoms with E-state index in [4.69, 9.17) is 4.74 Å². The minimum atomic E-state index is -0.325. The lowest BCUT2D eigenvalue weighted by atomic mass is 10.0. The summed E-state index contributed by atoms with van der Waals surface area (Å²) in [5, 5.41) is 2.80. The van der Waals surface area contributed by atoms with Crippen LogP contribution in [0.1, 0.15) is 32.6 Å². The summed E-state index contributed by atoms with van der Waals surface area (Å²) in [7, 11) is 0. The molecule has 0 aliphatic carbocycles. The molecule has 2 saturated heterocycles. The summed E-state index contributed by atoms with van der Waals surface area (Å²) in [6, 6.07) is 0.226. The Morgan fingerprint density at radius 2 is 1.95 bits per heavy atom. The first-order valence-corrected chi connectivity index (χ1v) is 7.59. The predicted molar refractivity (Wildman–Crippen MR) is 75.6 cm³/mol. The number of hydrogen-bond acceptors (Lipinski definition) is 4. The summed E-state index contributed by atoms with van der Waals surface area (Å²) >= 11 is 0. The van der Waals surface area contributed by atoms with Crippen molar-refractivity contribution in [2.75, 3.05) is 32.8 Å². The Balaban J connectivity index is 1.71. The Hall–Kier alpha value is -1.79. The zero-order chi connectivity index (χ0) is 15.2. The number of nitrogens with one attached hydrogen (secondary N) is 1. The van der Waals surface area contributed by atoms with Gasteiger partial charge in [-0.05, 0) is 19.8 Å². The van der Waals surface area contributed by atoms with Crippen molar-refractivity contribution < 1.29 is 19.1 Å². The molecule has 3 amide bonds. The molecule has 0 bridgehead atoms. The highest BCUT2D eigenvalue weighted by Crippen LogP contribution is 2.19. The second-order valence-electron chi connectivity index (χ2n) is 5.34. The van der Waals surface area contributed by atoms with E-state index in [9.17, 15) is 14.4 Å². The van der Waals surface area contributed by atoms with Crippen LogP contribution in [0.2, 0.25) is 0 Å². The van der Waals surface area contributed by atoms with Gasteiger partial charge in [-0.25, -0.2) is 4.79 Å². The zero-order valence-electron chi connectivity index (χ0n) is 12.5. The maximum Gasteiger partial charge on any atom is 0.317 e. The lowest BCUT2D eigenvalue weighted by Crippen LogP contribution is -2.47. The second kappa shape index (κ2) is 7.28. The average Bonchev–Trinajstić information content (AvgIpc) is 2.91. The van der Waals surface area contributed by atoms with Crippen LogP contribution in [0, 0.1) is 0 Å². The highest BCUT2D eigenvalue weighted by atomic mass is 16.5. The molecule has 118 valence electrons. The molecule has 2 aliphatic heterocycles. The van der Waals surface area contributed by atoms with Gasteiger partial charge in [-0.1, -0.05) is 0 Å². The number of carbonyl (C=O) groups is 3. The molecule has 0 saturated carbocycles. The molecule has 0 unspecified atom stereocenters. The van der Waals surface area contributed by atoms with Crippen molar-refractivity contribution in [3.63, 3.8) is 0 Å². The minimum Gasteiger partial charge on any atom is -0.466 e. The molecule has 1 N–H and O–H groups in total. The molecule has 0 spiro atoms. The molecule has 7 heteroatoms. The van der Waals surface area contributed by atoms with Gasteiger partial charge in [-0.3, -0.25) is 9.59 Å². The summed E-state index contributed by atoms with van der Waals surface area (Å²) < 4.78 is 4.82. The molecule has 2 fully saturated rings. The molecular formula is C14H23N3O4. The topological polar surface area (TPSA) is 79.0 Å². The molecule has 7 nitrogen and oxygen atoms in total. The van der Waals surface area contributed by atoms with Crippen molar-refractivity contribution >= 4 is 17.9 Å². The largest absolute Gasteiger partial charge is 0.466 e. The van der Waals surface area contributed by atoms with Gasteiger partial charge in [0, 0.05) is 38.6 Å². The van der Waals surface area contributed by atoms with E-state index in [1.54, 1.807) is 11.8 Å². The number of nitrogens with zero attached hydrogens (tertiary/aromatic N) is 2. The van der Waals surface area contributed by atoms with E-state index in [0.717, 1.165) is 19.4 Å². The fourth-order valence-electron chi connectivity index (χ4n) is 2.86. The number of ether oxygens (including phenoxy) is 1. The first kappa shape index (κ1) is 15.6. The van der Waals surface area contributed by atoms with Gasteiger partial charge in [0.05, 0.1) is 13.0 Å². The Kier molecular flexibility index (Phi) is 5.41. The van der Waals surface area contributed by atoms with Crippen molar-refractivity contribution in [1.82, 2.24) is 15.1 Å². The lowest BCUT2D eigenvalue weighted by molar-refractivity contribution is -0.146. The van der Waals surface area contributed by atoms with Gasteiger partial charge >= 0.3 is 12.0 Å². The van der Waals surface area contributed by atoms with E-state index in [2.05, 4.69) is 5.32 Å². The van der Waals surface area contributed by atoms with Crippen LogP contribution in [0.25, 0.3) is 0 Å². The van der Waals surface area contributed by atoms with Gasteiger partial charge < -0.3 is 19.9 Å². The maximum absolute atomic E-state index is 12.0. The van der Waals surface area contributed by atoms with Crippen LogP contribution in [0.15, 0.2) is 0 Å². The Bertz CT molecular complexity index is 405. The zero-order valence-corrected chi connectivity index (χ0v) is 12.5. The molecule has 0 aromatic carbocycles. The molecular weight excluding hydrogens is 274 g/mol. The number of piperidine rings is 1. The normalized spacial score (nSPS) is 19.6. The number of rotatable bonds is 5. The highest BCUT2D eigenvalue weighted by Gasteiger charge is 2.31. The number of carbonyl (C=O) groups excluding carboxylic acids is 3. The van der Waals surface area contributed by atoms with Crippen LogP contribution >= 0.6 is 0 Å². The van der Waals surface area contributed by atoms with Crippen molar-refractivity contribution in [3.05, 3.63) is 0 Å². The lowest BCUT2D eigenvalue weighted by Gasteiger charge is -2.36. The van der Waals surface area contributed by atoms with Crippen molar-refractivity contribution in [3.8, 4) is 0 Å². The van der Waals surface area contributed by atoms with Crippen molar-refractivity contribution in [1.29, 1.82) is 0 Å². The summed E-state index contributed by atoms with van der Waals surface area (Å²) in [4.78, 5) is 38.5. The summed E-state index contributed by atoms with van der Waals surface area (Å²) in [6.07, 6.45) is 1.95. The molecule has 2 heterocycles. The van der Waals surface area contributed by atoms with E-state index in [-0.39, 0.29) is 36.8 Å².